The van der Waals surface area contributed by atoms with Gasteiger partial charge in [-0.05, 0) is 55.2 Å². The largest absolute Gasteiger partial charge is 0.494 e. The third-order valence-electron chi connectivity index (χ3n) is 7.00. The monoisotopic (exact) mass is 500 g/mol. The van der Waals surface area contributed by atoms with Crippen molar-refractivity contribution in [1.29, 1.82) is 0 Å². The Bertz CT molecular complexity index is 1320. The van der Waals surface area contributed by atoms with Crippen LogP contribution < -0.4 is 29.6 Å². The molecule has 1 aliphatic carbocycles. The molecule has 3 aromatic carbocycles. The number of ketones is 1. The fourth-order valence-electron chi connectivity index (χ4n) is 5.30. The molecule has 0 unspecified atom stereocenters. The number of hydrogen-bond acceptors (Lipinski definition) is 7. The highest BCUT2D eigenvalue weighted by Crippen LogP contribution is 2.48. The molecule has 1 aliphatic heterocycles. The second kappa shape index (κ2) is 10.5. The summed E-state index contributed by atoms with van der Waals surface area (Å²) in [4.78, 5) is 13.9. The summed E-state index contributed by atoms with van der Waals surface area (Å²) in [6, 6.07) is 19.5. The number of anilines is 2. The lowest BCUT2D eigenvalue weighted by Crippen LogP contribution is -2.27. The summed E-state index contributed by atoms with van der Waals surface area (Å²) >= 11 is 0. The molecule has 37 heavy (non-hydrogen) atoms. The molecule has 0 aromatic heterocycles. The normalized spacial score (nSPS) is 18.5. The predicted octanol–water partition coefficient (Wildman–Crippen LogP) is 6.09. The minimum Gasteiger partial charge on any atom is -0.494 e. The van der Waals surface area contributed by atoms with Crippen molar-refractivity contribution in [3.63, 3.8) is 0 Å². The highest BCUT2D eigenvalue weighted by atomic mass is 16.5. The van der Waals surface area contributed by atoms with Crippen LogP contribution in [0.4, 0.5) is 11.4 Å². The van der Waals surface area contributed by atoms with E-state index < -0.39 is 0 Å². The van der Waals surface area contributed by atoms with Crippen LogP contribution in [0.1, 0.15) is 42.9 Å². The van der Waals surface area contributed by atoms with Crippen molar-refractivity contribution in [2.24, 2.45) is 0 Å². The molecule has 2 N–H and O–H groups in total. The van der Waals surface area contributed by atoms with Crippen molar-refractivity contribution < 1.29 is 23.7 Å². The van der Waals surface area contributed by atoms with Crippen LogP contribution in [-0.4, -0.2) is 33.7 Å². The van der Waals surface area contributed by atoms with Gasteiger partial charge in [-0.25, -0.2) is 0 Å². The van der Waals surface area contributed by atoms with Crippen LogP contribution in [0.5, 0.6) is 23.0 Å². The number of Topliss-reactive ketones (excluding diaryl/α,β-unsaturated/α-hetero) is 1. The van der Waals surface area contributed by atoms with Gasteiger partial charge in [0.2, 0.25) is 5.75 Å². The molecule has 0 radical (unpaired) electrons. The maximum absolute atomic E-state index is 13.9. The number of allylic oxidation sites excluding steroid dienone is 1. The molecule has 0 amide bonds. The number of rotatable bonds is 7. The van der Waals surface area contributed by atoms with E-state index in [1.165, 1.54) is 0 Å². The SMILES string of the molecule is CCOc1ccccc1[C@@H]1Nc2ccccc2NC2=C1C(=O)C[C@H](c1cc(OC)c(OC)c(OC)c1)C2. The molecule has 192 valence electrons. The van der Waals surface area contributed by atoms with Gasteiger partial charge in [0.15, 0.2) is 17.3 Å². The van der Waals surface area contributed by atoms with E-state index in [-0.39, 0.29) is 17.7 Å². The molecule has 2 atom stereocenters. The summed E-state index contributed by atoms with van der Waals surface area (Å²) in [5.41, 5.74) is 5.42. The van der Waals surface area contributed by atoms with Crippen molar-refractivity contribution in [2.45, 2.75) is 31.7 Å². The molecule has 3 aromatic rings. The Kier molecular flexibility index (Phi) is 6.95. The lowest BCUT2D eigenvalue weighted by Gasteiger charge is -2.31. The van der Waals surface area contributed by atoms with E-state index in [2.05, 4.69) is 10.6 Å². The van der Waals surface area contributed by atoms with E-state index in [1.807, 2.05) is 67.6 Å². The molecular formula is C30H32N2O5. The molecule has 0 bridgehead atoms. The van der Waals surface area contributed by atoms with Crippen molar-refractivity contribution in [3.05, 3.63) is 83.1 Å². The molecule has 1 heterocycles. The standard InChI is InChI=1S/C30H32N2O5/c1-5-37-25-13-9-6-10-20(25)29-28-23(31-21-11-7-8-12-22(21)32-29)14-18(15-24(28)33)19-16-26(34-2)30(36-4)27(17-19)35-3/h6-13,16-18,29,31-32H,5,14-15H2,1-4H3/t18-,29+/m1/s1. The van der Waals surface area contributed by atoms with Crippen LogP contribution in [0.3, 0.4) is 0 Å². The van der Waals surface area contributed by atoms with Crippen molar-refractivity contribution in [2.75, 3.05) is 38.6 Å². The number of para-hydroxylation sites is 3. The number of nitrogens with one attached hydrogen (secondary N) is 2. The second-order valence-electron chi connectivity index (χ2n) is 9.10. The Morgan fingerprint density at radius 1 is 0.838 bits per heavy atom. The van der Waals surface area contributed by atoms with Gasteiger partial charge in [-0.3, -0.25) is 4.79 Å². The molecule has 0 saturated carbocycles. The van der Waals surface area contributed by atoms with Crippen molar-refractivity contribution in [1.82, 2.24) is 0 Å². The quantitative estimate of drug-likeness (QED) is 0.406. The lowest BCUT2D eigenvalue weighted by molar-refractivity contribution is -0.116. The zero-order valence-corrected chi connectivity index (χ0v) is 21.6. The Morgan fingerprint density at radius 3 is 2.19 bits per heavy atom. The summed E-state index contributed by atoms with van der Waals surface area (Å²) in [6.07, 6.45) is 1.02. The first-order valence-corrected chi connectivity index (χ1v) is 12.5. The Labute approximate surface area is 217 Å². The molecule has 0 saturated heterocycles. The van der Waals surface area contributed by atoms with E-state index >= 15 is 0 Å². The maximum atomic E-state index is 13.9. The number of ether oxygens (including phenoxy) is 4. The number of hydrogen-bond donors (Lipinski definition) is 2. The molecule has 5 rings (SSSR count). The van der Waals surface area contributed by atoms with Crippen molar-refractivity contribution >= 4 is 17.2 Å². The summed E-state index contributed by atoms with van der Waals surface area (Å²) in [7, 11) is 4.79. The number of carbonyl (C=O) groups is 1. The van der Waals surface area contributed by atoms with E-state index in [0.29, 0.717) is 36.7 Å². The summed E-state index contributed by atoms with van der Waals surface area (Å²) in [5.74, 6) is 2.49. The predicted molar refractivity (Wildman–Crippen MR) is 144 cm³/mol. The zero-order valence-electron chi connectivity index (χ0n) is 21.6. The maximum Gasteiger partial charge on any atom is 0.203 e. The second-order valence-corrected chi connectivity index (χ2v) is 9.10. The minimum atomic E-state index is -0.345. The number of benzene rings is 3. The van der Waals surface area contributed by atoms with Gasteiger partial charge in [0.1, 0.15) is 5.75 Å². The van der Waals surface area contributed by atoms with E-state index in [9.17, 15) is 4.79 Å². The molecule has 2 aliphatic rings. The Balaban J connectivity index is 1.61. The van der Waals surface area contributed by atoms with Crippen LogP contribution in [0.25, 0.3) is 0 Å². The third-order valence-corrected chi connectivity index (χ3v) is 7.00. The van der Waals surface area contributed by atoms with Crippen LogP contribution >= 0.6 is 0 Å². The van der Waals surface area contributed by atoms with Gasteiger partial charge in [-0.2, -0.15) is 0 Å². The number of carbonyl (C=O) groups excluding carboxylic acids is 1. The minimum absolute atomic E-state index is 0.0551. The fourth-order valence-corrected chi connectivity index (χ4v) is 5.30. The number of methoxy groups -OCH3 is 3. The van der Waals surface area contributed by atoms with Gasteiger partial charge < -0.3 is 29.6 Å². The first kappa shape index (κ1) is 24.6. The summed E-state index contributed by atoms with van der Waals surface area (Å²) in [6.45, 7) is 2.51. The topological polar surface area (TPSA) is 78.1 Å². The first-order chi connectivity index (χ1) is 18.1. The highest BCUT2D eigenvalue weighted by Gasteiger charge is 2.37. The summed E-state index contributed by atoms with van der Waals surface area (Å²) < 4.78 is 22.6. The van der Waals surface area contributed by atoms with E-state index in [0.717, 1.165) is 39.5 Å². The van der Waals surface area contributed by atoms with Gasteiger partial charge in [0, 0.05) is 23.3 Å². The van der Waals surface area contributed by atoms with Gasteiger partial charge in [-0.15, -0.1) is 0 Å². The Hall–Kier alpha value is -4.13. The van der Waals surface area contributed by atoms with Gasteiger partial charge in [0.25, 0.3) is 0 Å². The summed E-state index contributed by atoms with van der Waals surface area (Å²) in [5, 5.41) is 7.22. The smallest absolute Gasteiger partial charge is 0.203 e. The molecule has 0 spiro atoms. The van der Waals surface area contributed by atoms with Crippen LogP contribution in [0.15, 0.2) is 71.9 Å². The van der Waals surface area contributed by atoms with E-state index in [4.69, 9.17) is 18.9 Å². The van der Waals surface area contributed by atoms with Gasteiger partial charge in [-0.1, -0.05) is 30.3 Å². The molecule has 7 nitrogen and oxygen atoms in total. The number of fused-ring (bicyclic) bond motifs is 1. The Morgan fingerprint density at radius 2 is 1.51 bits per heavy atom. The van der Waals surface area contributed by atoms with Crippen LogP contribution in [0.2, 0.25) is 0 Å². The molecular weight excluding hydrogens is 468 g/mol. The van der Waals surface area contributed by atoms with Gasteiger partial charge in [0.05, 0.1) is 45.4 Å². The zero-order chi connectivity index (χ0) is 25.9. The van der Waals surface area contributed by atoms with Crippen LogP contribution in [-0.2, 0) is 4.79 Å². The highest BCUT2D eigenvalue weighted by molar-refractivity contribution is 6.01. The van der Waals surface area contributed by atoms with Crippen LogP contribution in [0, 0.1) is 0 Å². The average Bonchev–Trinajstić information content (AvgIpc) is 3.09. The van der Waals surface area contributed by atoms with E-state index in [1.54, 1.807) is 21.3 Å². The fraction of sp³-hybridized carbons (Fsp3) is 0.300. The van der Waals surface area contributed by atoms with Crippen molar-refractivity contribution in [3.8, 4) is 23.0 Å². The lowest BCUT2D eigenvalue weighted by atomic mass is 9.78. The van der Waals surface area contributed by atoms with Gasteiger partial charge >= 0.3 is 0 Å². The third kappa shape index (κ3) is 4.57. The average molecular weight is 501 g/mol. The molecule has 7 heteroatoms. The first-order valence-electron chi connectivity index (χ1n) is 12.5. The molecule has 0 fully saturated rings.